The van der Waals surface area contributed by atoms with Gasteiger partial charge in [0.1, 0.15) is 49.4 Å². The minimum Gasteiger partial charge on any atom is -0.477 e. The number of carbonyl (C=O) groups excluding carboxylic acids is 4. The summed E-state index contributed by atoms with van der Waals surface area (Å²) in [5.74, 6) is 10.4. The minimum absolute atomic E-state index is 0.0119. The highest BCUT2D eigenvalue weighted by molar-refractivity contribution is 6.35. The molecule has 4 amide bonds. The van der Waals surface area contributed by atoms with Crippen LogP contribution < -0.4 is 38.2 Å². The van der Waals surface area contributed by atoms with Crippen LogP contribution in [-0.4, -0.2) is 50.1 Å². The van der Waals surface area contributed by atoms with Gasteiger partial charge in [0, 0.05) is 17.5 Å². The van der Waals surface area contributed by atoms with Gasteiger partial charge in [-0.1, -0.05) is 61.8 Å². The molecule has 0 aliphatic carbocycles. The number of imide groups is 2. The number of amides is 4. The van der Waals surface area contributed by atoms with Crippen LogP contribution in [0.5, 0.6) is 46.0 Å². The van der Waals surface area contributed by atoms with E-state index in [1.54, 1.807) is 60.7 Å². The zero-order chi connectivity index (χ0) is 47.2. The quantitative estimate of drug-likeness (QED) is 0.0685. The molecule has 12 nitrogen and oxygen atoms in total. The molecule has 6 aromatic rings. The van der Waals surface area contributed by atoms with E-state index < -0.39 is 29.0 Å². The Morgan fingerprint density at radius 2 is 0.731 bits per heavy atom. The summed E-state index contributed by atoms with van der Waals surface area (Å²) in [6, 6.07) is 33.9. The molecule has 6 aromatic carbocycles. The summed E-state index contributed by atoms with van der Waals surface area (Å²) in [6.07, 6.45) is 21.4. The van der Waals surface area contributed by atoms with Gasteiger partial charge < -0.3 is 28.4 Å². The van der Waals surface area contributed by atoms with Crippen LogP contribution in [0.3, 0.4) is 0 Å². The number of hydrogen-bond acceptors (Lipinski definition) is 10. The largest absolute Gasteiger partial charge is 0.477 e. The molecule has 0 atom stereocenters. The maximum atomic E-state index is 13.6. The summed E-state index contributed by atoms with van der Waals surface area (Å²) in [4.78, 5) is 56.3. The van der Waals surface area contributed by atoms with Gasteiger partial charge in [-0.2, -0.15) is 0 Å². The van der Waals surface area contributed by atoms with Crippen molar-refractivity contribution in [3.05, 3.63) is 155 Å². The van der Waals surface area contributed by atoms with Gasteiger partial charge >= 0.3 is 0 Å². The number of benzene rings is 6. The number of hydrogen-bond donors (Lipinski definition) is 0. The molecule has 67 heavy (non-hydrogen) atoms. The second-order valence-electron chi connectivity index (χ2n) is 15.4. The molecule has 0 spiro atoms. The van der Waals surface area contributed by atoms with Crippen molar-refractivity contribution in [1.82, 2.24) is 0 Å². The molecular formula is C55H38N2O10. The van der Waals surface area contributed by atoms with Crippen LogP contribution in [0, 0.1) is 49.4 Å². The van der Waals surface area contributed by atoms with Gasteiger partial charge in [0.05, 0.1) is 33.6 Å². The zero-order valence-electron chi connectivity index (χ0n) is 36.2. The molecule has 8 rings (SSSR count). The Balaban J connectivity index is 0.919. The van der Waals surface area contributed by atoms with E-state index in [1.165, 1.54) is 12.1 Å². The molecule has 12 heteroatoms. The van der Waals surface area contributed by atoms with Gasteiger partial charge in [-0.3, -0.25) is 19.2 Å². The fourth-order valence-corrected chi connectivity index (χ4v) is 7.57. The standard InChI is InChI=1S/C55H38N2O10/c1-7-27-62-47-25-15-37(31-49(47)64-29-9-3)56-51(58)43-23-21-41(33-45(43)53(56)60)66-39-17-11-35(12-18-39)55(5,6)36-13-19-40(20-14-36)67-42-22-24-44-46(34-42)54(61)57(52(44)59)38-16-26-48(63-28-8-2)50(32-38)65-30-10-4/h1-4,11-26,31-34H,27-30H2,5-6H3. The first-order chi connectivity index (χ1) is 32.4. The normalized spacial score (nSPS) is 12.6. The molecule has 0 bridgehead atoms. The van der Waals surface area contributed by atoms with Crippen LogP contribution in [0.15, 0.2) is 121 Å². The van der Waals surface area contributed by atoms with E-state index in [0.29, 0.717) is 34.5 Å². The maximum absolute atomic E-state index is 13.6. The smallest absolute Gasteiger partial charge is 0.266 e. The molecule has 0 N–H and O–H groups in total. The van der Waals surface area contributed by atoms with Crippen molar-refractivity contribution in [2.75, 3.05) is 36.2 Å². The third kappa shape index (κ3) is 8.80. The van der Waals surface area contributed by atoms with Crippen molar-refractivity contribution in [2.24, 2.45) is 0 Å². The molecule has 2 aliphatic heterocycles. The van der Waals surface area contributed by atoms with Crippen LogP contribution in [0.2, 0.25) is 0 Å². The average molecular weight is 887 g/mol. The lowest BCUT2D eigenvalue weighted by atomic mass is 9.78. The number of rotatable bonds is 16. The number of ether oxygens (including phenoxy) is 6. The lowest BCUT2D eigenvalue weighted by molar-refractivity contribution is 0.0910. The molecule has 0 unspecified atom stereocenters. The Labute approximate surface area is 386 Å². The number of anilines is 2. The lowest BCUT2D eigenvalue weighted by Crippen LogP contribution is -2.29. The van der Waals surface area contributed by atoms with Gasteiger partial charge in [0.25, 0.3) is 23.6 Å². The van der Waals surface area contributed by atoms with Crippen LogP contribution in [0.1, 0.15) is 66.4 Å². The molecule has 2 aliphatic rings. The Bertz CT molecular complexity index is 2930. The lowest BCUT2D eigenvalue weighted by Gasteiger charge is -2.26. The predicted molar refractivity (Wildman–Crippen MR) is 251 cm³/mol. The van der Waals surface area contributed by atoms with Gasteiger partial charge in [-0.25, -0.2) is 9.80 Å². The van der Waals surface area contributed by atoms with Crippen molar-refractivity contribution >= 4 is 35.0 Å². The highest BCUT2D eigenvalue weighted by Crippen LogP contribution is 2.40. The monoisotopic (exact) mass is 886 g/mol. The number of terminal acetylenes is 4. The Hall–Kier alpha value is -9.36. The summed E-state index contributed by atoms with van der Waals surface area (Å²) in [5.41, 5.74) is 2.92. The summed E-state index contributed by atoms with van der Waals surface area (Å²) in [7, 11) is 0. The second-order valence-corrected chi connectivity index (χ2v) is 15.4. The first-order valence-electron chi connectivity index (χ1n) is 20.6. The van der Waals surface area contributed by atoms with Crippen molar-refractivity contribution in [3.8, 4) is 95.4 Å². The second kappa shape index (κ2) is 18.8. The number of nitrogens with zero attached hydrogens (tertiary/aromatic N) is 2. The molecule has 0 radical (unpaired) electrons. The van der Waals surface area contributed by atoms with Crippen LogP contribution in [0.4, 0.5) is 11.4 Å². The van der Waals surface area contributed by atoms with E-state index in [4.69, 9.17) is 54.1 Å². The van der Waals surface area contributed by atoms with Crippen molar-refractivity contribution in [1.29, 1.82) is 0 Å². The van der Waals surface area contributed by atoms with Gasteiger partial charge in [-0.15, -0.1) is 25.7 Å². The summed E-state index contributed by atoms with van der Waals surface area (Å²) in [5, 5.41) is 0. The fraction of sp³-hybridized carbons (Fsp3) is 0.127. The molecule has 0 fully saturated rings. The molecule has 0 saturated heterocycles. The summed E-state index contributed by atoms with van der Waals surface area (Å²) < 4.78 is 34.6. The number of carbonyl (C=O) groups is 4. The Morgan fingerprint density at radius 3 is 1.09 bits per heavy atom. The highest BCUT2D eigenvalue weighted by atomic mass is 16.5. The molecule has 2 heterocycles. The Morgan fingerprint density at radius 1 is 0.403 bits per heavy atom. The van der Waals surface area contributed by atoms with Crippen molar-refractivity contribution in [3.63, 3.8) is 0 Å². The van der Waals surface area contributed by atoms with E-state index >= 15 is 0 Å². The van der Waals surface area contributed by atoms with Gasteiger partial charge in [0.2, 0.25) is 0 Å². The van der Waals surface area contributed by atoms with Crippen molar-refractivity contribution < 1.29 is 47.6 Å². The van der Waals surface area contributed by atoms with Crippen LogP contribution in [-0.2, 0) is 5.41 Å². The van der Waals surface area contributed by atoms with Crippen molar-refractivity contribution in [2.45, 2.75) is 19.3 Å². The molecule has 0 aromatic heterocycles. The maximum Gasteiger partial charge on any atom is 0.266 e. The predicted octanol–water partition coefficient (Wildman–Crippen LogP) is 9.25. The van der Waals surface area contributed by atoms with Gasteiger partial charge in [-0.05, 0) is 96.1 Å². The van der Waals surface area contributed by atoms with Gasteiger partial charge in [0.15, 0.2) is 23.0 Å². The van der Waals surface area contributed by atoms with E-state index in [2.05, 4.69) is 37.5 Å². The minimum atomic E-state index is -0.529. The zero-order valence-corrected chi connectivity index (χ0v) is 36.2. The SMILES string of the molecule is C#CCOc1ccc(N2C(=O)c3ccc(Oc4ccc(C(C)(C)c5ccc(Oc6ccc7c(c6)C(=O)N(c6ccc(OCC#C)c(OCC#C)c6)C7=O)cc5)cc4)cc3C2=O)cc1OCC#C. The number of fused-ring (bicyclic) bond motifs is 2. The first-order valence-corrected chi connectivity index (χ1v) is 20.6. The van der Waals surface area contributed by atoms with Crippen LogP contribution >= 0.6 is 0 Å². The van der Waals surface area contributed by atoms with Crippen LogP contribution in [0.25, 0.3) is 0 Å². The Kier molecular flexibility index (Phi) is 12.4. The average Bonchev–Trinajstić information content (AvgIpc) is 3.74. The van der Waals surface area contributed by atoms with E-state index in [-0.39, 0.29) is 71.6 Å². The summed E-state index contributed by atoms with van der Waals surface area (Å²) in [6.45, 7) is 4.03. The third-order valence-corrected chi connectivity index (χ3v) is 11.0. The van der Waals surface area contributed by atoms with E-state index in [0.717, 1.165) is 20.9 Å². The molecular weight excluding hydrogens is 849 g/mol. The van der Waals surface area contributed by atoms with E-state index in [1.807, 2.05) is 48.5 Å². The fourth-order valence-electron chi connectivity index (χ4n) is 7.57. The third-order valence-electron chi connectivity index (χ3n) is 11.0. The molecule has 328 valence electrons. The molecule has 0 saturated carbocycles. The van der Waals surface area contributed by atoms with E-state index in [9.17, 15) is 19.2 Å². The first kappa shape index (κ1) is 44.3. The highest BCUT2D eigenvalue weighted by Gasteiger charge is 2.39. The topological polar surface area (TPSA) is 130 Å². The summed E-state index contributed by atoms with van der Waals surface area (Å²) >= 11 is 0.